The Labute approximate surface area is 188 Å². The molecule has 9 nitrogen and oxygen atoms in total. The lowest BCUT2D eigenvalue weighted by Crippen LogP contribution is -2.40. The van der Waals surface area contributed by atoms with Gasteiger partial charge in [-0.15, -0.1) is 0 Å². The number of hydrazine groups is 1. The van der Waals surface area contributed by atoms with Crippen LogP contribution in [0, 0.1) is 0 Å². The van der Waals surface area contributed by atoms with Gasteiger partial charge in [-0.05, 0) is 24.3 Å². The molecule has 1 aliphatic rings. The summed E-state index contributed by atoms with van der Waals surface area (Å²) in [5.41, 5.74) is 0.387. The molecule has 0 unspecified atom stereocenters. The lowest BCUT2D eigenvalue weighted by Gasteiger charge is -2.27. The fourth-order valence-corrected chi connectivity index (χ4v) is 2.92. The summed E-state index contributed by atoms with van der Waals surface area (Å²) in [5.74, 6) is -0.470. The minimum absolute atomic E-state index is 0.0335. The quantitative estimate of drug-likeness (QED) is 0.522. The van der Waals surface area contributed by atoms with Gasteiger partial charge < -0.3 is 10.1 Å². The highest BCUT2D eigenvalue weighted by Gasteiger charge is 2.33. The van der Waals surface area contributed by atoms with E-state index in [-0.39, 0.29) is 29.1 Å². The molecule has 1 fully saturated rings. The number of nitrogens with zero attached hydrogens (tertiary/aromatic N) is 6. The molecule has 4 heterocycles. The van der Waals surface area contributed by atoms with Crippen LogP contribution in [0.15, 0.2) is 36.5 Å². The molecule has 2 N–H and O–H groups in total. The first-order chi connectivity index (χ1) is 16.1. The summed E-state index contributed by atoms with van der Waals surface area (Å²) in [4.78, 5) is 19.2. The van der Waals surface area contributed by atoms with Crippen LogP contribution in [0.1, 0.15) is 11.4 Å². The Bertz CT molecular complexity index is 1150. The van der Waals surface area contributed by atoms with E-state index in [4.69, 9.17) is 4.74 Å². The monoisotopic (exact) mass is 486 g/mol. The van der Waals surface area contributed by atoms with Crippen molar-refractivity contribution < 1.29 is 31.1 Å². The van der Waals surface area contributed by atoms with Crippen molar-refractivity contribution >= 4 is 17.6 Å². The maximum Gasteiger partial charge on any atom is 0.433 e. The Morgan fingerprint density at radius 1 is 0.824 bits per heavy atom. The highest BCUT2D eigenvalue weighted by Crippen LogP contribution is 2.31. The number of hydrogen-bond acceptors (Lipinski definition) is 9. The van der Waals surface area contributed by atoms with Crippen LogP contribution < -0.4 is 10.7 Å². The lowest BCUT2D eigenvalue weighted by molar-refractivity contribution is -0.141. The molecule has 0 aliphatic carbocycles. The maximum absolute atomic E-state index is 13.1. The zero-order valence-corrected chi connectivity index (χ0v) is 17.2. The van der Waals surface area contributed by atoms with Gasteiger partial charge in [0.1, 0.15) is 17.1 Å². The normalized spacial score (nSPS) is 15.2. The molecule has 34 heavy (non-hydrogen) atoms. The largest absolute Gasteiger partial charge is 0.433 e. The molecule has 0 saturated carbocycles. The van der Waals surface area contributed by atoms with Gasteiger partial charge in [0, 0.05) is 25.0 Å². The first-order valence-corrected chi connectivity index (χ1v) is 9.78. The second kappa shape index (κ2) is 9.34. The Morgan fingerprint density at radius 3 is 2.24 bits per heavy atom. The van der Waals surface area contributed by atoms with Crippen LogP contribution in [-0.2, 0) is 17.1 Å². The summed E-state index contributed by atoms with van der Waals surface area (Å²) in [7, 11) is 0. The first-order valence-electron chi connectivity index (χ1n) is 9.78. The molecule has 0 aromatic carbocycles. The van der Waals surface area contributed by atoms with E-state index in [0.29, 0.717) is 26.3 Å². The number of halogens is 6. The summed E-state index contributed by atoms with van der Waals surface area (Å²) in [6.07, 6.45) is -8.41. The number of ether oxygens (including phenoxy) is 1. The van der Waals surface area contributed by atoms with Crippen LogP contribution in [0.25, 0.3) is 11.5 Å². The van der Waals surface area contributed by atoms with E-state index in [1.54, 1.807) is 5.01 Å². The van der Waals surface area contributed by atoms with Crippen LogP contribution in [0.3, 0.4) is 0 Å². The molecule has 0 amide bonds. The maximum atomic E-state index is 13.1. The summed E-state index contributed by atoms with van der Waals surface area (Å²) >= 11 is 0. The molecule has 0 bridgehead atoms. The topological polar surface area (TPSA) is 101 Å². The molecule has 0 radical (unpaired) electrons. The minimum atomic E-state index is -4.69. The van der Waals surface area contributed by atoms with Crippen molar-refractivity contribution in [3.63, 3.8) is 0 Å². The fourth-order valence-electron chi connectivity index (χ4n) is 2.92. The predicted octanol–water partition coefficient (Wildman–Crippen LogP) is 3.77. The summed E-state index contributed by atoms with van der Waals surface area (Å²) in [6.45, 7) is 1.82. The molecule has 4 rings (SSSR count). The summed E-state index contributed by atoms with van der Waals surface area (Å²) in [6, 6.07) is 5.24. The first kappa shape index (κ1) is 23.6. The highest BCUT2D eigenvalue weighted by molar-refractivity contribution is 5.59. The molecular formula is C19H16F6N8O. The van der Waals surface area contributed by atoms with Crippen molar-refractivity contribution in [1.29, 1.82) is 0 Å². The number of rotatable bonds is 5. The van der Waals surface area contributed by atoms with Crippen molar-refractivity contribution in [3.05, 3.63) is 47.9 Å². The Hall–Kier alpha value is -3.59. The van der Waals surface area contributed by atoms with Gasteiger partial charge in [0.25, 0.3) is 0 Å². The van der Waals surface area contributed by atoms with Gasteiger partial charge in [0.15, 0.2) is 5.82 Å². The molecule has 3 aromatic heterocycles. The van der Waals surface area contributed by atoms with E-state index in [9.17, 15) is 26.3 Å². The third-order valence-electron chi connectivity index (χ3n) is 4.48. The highest BCUT2D eigenvalue weighted by atomic mass is 19.4. The predicted molar refractivity (Wildman–Crippen MR) is 107 cm³/mol. The van der Waals surface area contributed by atoms with Crippen LogP contribution in [0.4, 0.5) is 43.9 Å². The third kappa shape index (κ3) is 5.85. The zero-order valence-electron chi connectivity index (χ0n) is 17.2. The summed E-state index contributed by atoms with van der Waals surface area (Å²) in [5, 5.41) is 4.34. The van der Waals surface area contributed by atoms with Crippen molar-refractivity contribution in [3.8, 4) is 11.5 Å². The van der Waals surface area contributed by atoms with E-state index >= 15 is 0 Å². The van der Waals surface area contributed by atoms with Gasteiger partial charge in [0.2, 0.25) is 11.9 Å². The molecule has 1 saturated heterocycles. The van der Waals surface area contributed by atoms with Gasteiger partial charge in [-0.1, -0.05) is 6.07 Å². The van der Waals surface area contributed by atoms with E-state index < -0.39 is 23.7 Å². The number of morpholine rings is 1. The van der Waals surface area contributed by atoms with Crippen LogP contribution >= 0.6 is 0 Å². The average Bonchev–Trinajstić information content (AvgIpc) is 2.79. The van der Waals surface area contributed by atoms with E-state index in [2.05, 4.69) is 35.7 Å². The van der Waals surface area contributed by atoms with Crippen LogP contribution in [-0.4, -0.2) is 56.2 Å². The Kier molecular flexibility index (Phi) is 6.47. The molecule has 1 aliphatic heterocycles. The van der Waals surface area contributed by atoms with Gasteiger partial charge >= 0.3 is 12.4 Å². The molecular weight excluding hydrogens is 470 g/mol. The average molecular weight is 486 g/mol. The SMILES string of the molecule is FC(F)(F)c1cc(Nc2nc(NN3CCOCC3)nc(-c3cccc(C(F)(F)F)n3)n2)ccn1. The van der Waals surface area contributed by atoms with Crippen molar-refractivity contribution in [1.82, 2.24) is 29.9 Å². The Balaban J connectivity index is 1.70. The number of pyridine rings is 2. The fraction of sp³-hybridized carbons (Fsp3) is 0.316. The second-order valence-corrected chi connectivity index (χ2v) is 6.98. The van der Waals surface area contributed by atoms with Gasteiger partial charge in [-0.2, -0.15) is 41.3 Å². The van der Waals surface area contributed by atoms with E-state index in [0.717, 1.165) is 24.4 Å². The zero-order chi connectivity index (χ0) is 24.3. The van der Waals surface area contributed by atoms with E-state index in [1.807, 2.05) is 0 Å². The Morgan fingerprint density at radius 2 is 1.53 bits per heavy atom. The van der Waals surface area contributed by atoms with Crippen LogP contribution in [0.2, 0.25) is 0 Å². The van der Waals surface area contributed by atoms with Crippen molar-refractivity contribution in [2.24, 2.45) is 0 Å². The van der Waals surface area contributed by atoms with Gasteiger partial charge in [0.05, 0.1) is 13.2 Å². The molecule has 0 spiro atoms. The van der Waals surface area contributed by atoms with Crippen molar-refractivity contribution in [2.45, 2.75) is 12.4 Å². The number of aromatic nitrogens is 5. The van der Waals surface area contributed by atoms with Gasteiger partial charge in [-0.3, -0.25) is 10.4 Å². The number of anilines is 3. The standard InChI is InChI=1S/C19H16F6N8O/c20-18(21,22)13-3-1-2-12(28-13)15-29-16(27-11-4-5-26-14(10-11)19(23,24)25)31-17(30-15)32-33-6-8-34-9-7-33/h1-5,10H,6-9H2,(H2,26,27,29,30,31,32). The molecule has 180 valence electrons. The number of hydrogen-bond donors (Lipinski definition) is 2. The van der Waals surface area contributed by atoms with Crippen LogP contribution in [0.5, 0.6) is 0 Å². The smallest absolute Gasteiger partial charge is 0.379 e. The lowest BCUT2D eigenvalue weighted by atomic mass is 10.3. The number of alkyl halides is 6. The number of nitrogens with one attached hydrogen (secondary N) is 2. The molecule has 3 aromatic rings. The van der Waals surface area contributed by atoms with Gasteiger partial charge in [-0.25, -0.2) is 9.99 Å². The second-order valence-electron chi connectivity index (χ2n) is 6.98. The van der Waals surface area contributed by atoms with Crippen molar-refractivity contribution in [2.75, 3.05) is 37.0 Å². The third-order valence-corrected chi connectivity index (χ3v) is 4.48. The minimum Gasteiger partial charge on any atom is -0.379 e. The molecule has 15 heteroatoms. The van der Waals surface area contributed by atoms with E-state index in [1.165, 1.54) is 12.1 Å². The molecule has 0 atom stereocenters. The summed E-state index contributed by atoms with van der Waals surface area (Å²) < 4.78 is 83.6.